The zero-order chi connectivity index (χ0) is 18.3. The van der Waals surface area contributed by atoms with Crippen LogP contribution in [0.5, 0.6) is 11.5 Å². The van der Waals surface area contributed by atoms with E-state index in [1.54, 1.807) is 21.3 Å². The third kappa shape index (κ3) is 2.94. The molecule has 2 aromatic carbocycles. The molecule has 3 aromatic rings. The van der Waals surface area contributed by atoms with Gasteiger partial charge < -0.3 is 18.6 Å². The number of halogens is 1. The van der Waals surface area contributed by atoms with Gasteiger partial charge in [0.25, 0.3) is 0 Å². The van der Waals surface area contributed by atoms with Crippen molar-refractivity contribution in [3.8, 4) is 22.8 Å². The van der Waals surface area contributed by atoms with Gasteiger partial charge in [0, 0.05) is 28.8 Å². The number of carbonyl (C=O) groups excluding carboxylic acids is 1. The maximum atomic E-state index is 12.5. The number of rotatable bonds is 4. The minimum atomic E-state index is -0.0427. The number of nitrogens with one attached hydrogen (secondary N) is 1. The quantitative estimate of drug-likeness (QED) is 0.666. The zero-order valence-electron chi connectivity index (χ0n) is 14.0. The van der Waals surface area contributed by atoms with Crippen LogP contribution in [0.1, 0.15) is 10.4 Å². The molecule has 0 fully saturated rings. The second-order valence-corrected chi connectivity index (χ2v) is 6.94. The molecule has 1 aliphatic rings. The Hall–Kier alpha value is -2.80. The molecular weight excluding hydrogens is 398 g/mol. The molecule has 1 aromatic heterocycles. The molecule has 0 saturated heterocycles. The molecule has 0 saturated carbocycles. The summed E-state index contributed by atoms with van der Waals surface area (Å²) in [5.41, 5.74) is 2.61. The number of hydrogen-bond donors (Lipinski definition) is 1. The van der Waals surface area contributed by atoms with Crippen molar-refractivity contribution < 1.29 is 14.3 Å². The predicted molar refractivity (Wildman–Crippen MR) is 99.3 cm³/mol. The van der Waals surface area contributed by atoms with Crippen LogP contribution in [0.25, 0.3) is 11.3 Å². The number of Topliss-reactive ketones (excluding diaryl/α,β-unsaturated/α-hetero) is 1. The van der Waals surface area contributed by atoms with E-state index in [9.17, 15) is 4.79 Å². The molecule has 4 rings (SSSR count). The van der Waals surface area contributed by atoms with E-state index in [-0.39, 0.29) is 24.7 Å². The SMILES string of the molecule is Cn1c(-c2ccc3c(c2)OCO3)cn(CC(=O)c2ccc(Br)cc2)c1=N. The average molecular weight is 414 g/mol. The van der Waals surface area contributed by atoms with Gasteiger partial charge in [-0.1, -0.05) is 28.1 Å². The molecule has 0 bridgehead atoms. The van der Waals surface area contributed by atoms with Gasteiger partial charge in [-0.15, -0.1) is 0 Å². The molecular formula is C19H16BrN3O3. The highest BCUT2D eigenvalue weighted by molar-refractivity contribution is 9.10. The normalized spacial score (nSPS) is 12.4. The van der Waals surface area contributed by atoms with Crippen molar-refractivity contribution in [2.75, 3.05) is 6.79 Å². The van der Waals surface area contributed by atoms with E-state index in [0.717, 1.165) is 15.7 Å². The summed E-state index contributed by atoms with van der Waals surface area (Å²) in [6.07, 6.45) is 1.82. The first kappa shape index (κ1) is 16.7. The lowest BCUT2D eigenvalue weighted by Crippen LogP contribution is -2.25. The average Bonchev–Trinajstić information content (AvgIpc) is 3.21. The summed E-state index contributed by atoms with van der Waals surface area (Å²) in [5, 5.41) is 8.32. The van der Waals surface area contributed by atoms with Crippen LogP contribution in [0.4, 0.5) is 0 Å². The molecule has 0 aliphatic carbocycles. The standard InChI is InChI=1S/C19H16BrN3O3/c1-22-15(13-4-7-17-18(8-13)26-11-25-17)9-23(19(22)21)10-16(24)12-2-5-14(20)6-3-12/h2-9,21H,10-11H2,1H3. The number of imidazole rings is 1. The van der Waals surface area contributed by atoms with Gasteiger partial charge in [-0.3, -0.25) is 10.2 Å². The van der Waals surface area contributed by atoms with E-state index in [4.69, 9.17) is 14.9 Å². The predicted octanol–water partition coefficient (Wildman–Crippen LogP) is 3.35. The van der Waals surface area contributed by atoms with Crippen molar-refractivity contribution in [1.82, 2.24) is 9.13 Å². The first-order chi connectivity index (χ1) is 12.5. The van der Waals surface area contributed by atoms with Crippen LogP contribution in [0.3, 0.4) is 0 Å². The summed E-state index contributed by atoms with van der Waals surface area (Å²) in [5.74, 6) is 1.36. The van der Waals surface area contributed by atoms with Crippen molar-refractivity contribution in [2.24, 2.45) is 7.05 Å². The Labute approximate surface area is 158 Å². The van der Waals surface area contributed by atoms with E-state index in [0.29, 0.717) is 17.1 Å². The van der Waals surface area contributed by atoms with E-state index < -0.39 is 0 Å². The topological polar surface area (TPSA) is 69.2 Å². The maximum absolute atomic E-state index is 12.5. The number of ether oxygens (including phenoxy) is 2. The van der Waals surface area contributed by atoms with Gasteiger partial charge in [-0.25, -0.2) is 0 Å². The van der Waals surface area contributed by atoms with Gasteiger partial charge in [-0.05, 0) is 30.3 Å². The lowest BCUT2D eigenvalue weighted by molar-refractivity contribution is 0.0970. The molecule has 0 spiro atoms. The Morgan fingerprint density at radius 3 is 2.65 bits per heavy atom. The highest BCUT2D eigenvalue weighted by Crippen LogP contribution is 2.35. The van der Waals surface area contributed by atoms with Crippen LogP contribution in [0, 0.1) is 5.41 Å². The minimum Gasteiger partial charge on any atom is -0.454 e. The van der Waals surface area contributed by atoms with Gasteiger partial charge in [0.15, 0.2) is 17.3 Å². The Kier molecular flexibility index (Phi) is 4.16. The van der Waals surface area contributed by atoms with E-state index in [1.807, 2.05) is 43.6 Å². The van der Waals surface area contributed by atoms with Crippen LogP contribution >= 0.6 is 15.9 Å². The number of nitrogens with zero attached hydrogens (tertiary/aromatic N) is 2. The van der Waals surface area contributed by atoms with Crippen LogP contribution in [0.15, 0.2) is 53.1 Å². The molecule has 0 radical (unpaired) electrons. The fourth-order valence-corrected chi connectivity index (χ4v) is 3.19. The molecule has 1 aliphatic heterocycles. The highest BCUT2D eigenvalue weighted by Gasteiger charge is 2.17. The molecule has 0 amide bonds. The number of aromatic nitrogens is 2. The smallest absolute Gasteiger partial charge is 0.231 e. The molecule has 26 heavy (non-hydrogen) atoms. The molecule has 7 heteroatoms. The van der Waals surface area contributed by atoms with Gasteiger partial charge >= 0.3 is 0 Å². The summed E-state index contributed by atoms with van der Waals surface area (Å²) in [4.78, 5) is 12.5. The van der Waals surface area contributed by atoms with Crippen molar-refractivity contribution >= 4 is 21.7 Å². The largest absolute Gasteiger partial charge is 0.454 e. The Morgan fingerprint density at radius 2 is 1.88 bits per heavy atom. The second kappa shape index (κ2) is 6.49. The Balaban J connectivity index is 1.65. The van der Waals surface area contributed by atoms with Crippen molar-refractivity contribution in [3.63, 3.8) is 0 Å². The summed E-state index contributed by atoms with van der Waals surface area (Å²) in [7, 11) is 1.81. The number of carbonyl (C=O) groups is 1. The molecule has 0 atom stereocenters. The van der Waals surface area contributed by atoms with Gasteiger partial charge in [0.2, 0.25) is 12.4 Å². The molecule has 1 N–H and O–H groups in total. The van der Waals surface area contributed by atoms with Crippen LogP contribution < -0.4 is 15.1 Å². The van der Waals surface area contributed by atoms with E-state index >= 15 is 0 Å². The maximum Gasteiger partial charge on any atom is 0.231 e. The minimum absolute atomic E-state index is 0.0427. The van der Waals surface area contributed by atoms with E-state index in [2.05, 4.69) is 15.9 Å². The lowest BCUT2D eigenvalue weighted by Gasteiger charge is -2.03. The van der Waals surface area contributed by atoms with Crippen LogP contribution in [0.2, 0.25) is 0 Å². The molecule has 132 valence electrons. The fraction of sp³-hybridized carbons (Fsp3) is 0.158. The first-order valence-corrected chi connectivity index (χ1v) is 8.82. The monoisotopic (exact) mass is 413 g/mol. The highest BCUT2D eigenvalue weighted by atomic mass is 79.9. The Bertz CT molecular complexity index is 1050. The van der Waals surface area contributed by atoms with Gasteiger partial charge in [0.05, 0.1) is 12.2 Å². The van der Waals surface area contributed by atoms with E-state index in [1.165, 1.54) is 0 Å². The fourth-order valence-electron chi connectivity index (χ4n) is 2.93. The van der Waals surface area contributed by atoms with Gasteiger partial charge in [-0.2, -0.15) is 0 Å². The summed E-state index contributed by atoms with van der Waals surface area (Å²) in [6.45, 7) is 0.330. The van der Waals surface area contributed by atoms with Gasteiger partial charge in [0.1, 0.15) is 0 Å². The third-order valence-electron chi connectivity index (χ3n) is 4.38. The van der Waals surface area contributed by atoms with Crippen LogP contribution in [-0.4, -0.2) is 21.7 Å². The number of fused-ring (bicyclic) bond motifs is 1. The van der Waals surface area contributed by atoms with Crippen molar-refractivity contribution in [1.29, 1.82) is 5.41 Å². The first-order valence-electron chi connectivity index (χ1n) is 8.02. The van der Waals surface area contributed by atoms with Crippen molar-refractivity contribution in [3.05, 3.63) is 64.3 Å². The third-order valence-corrected chi connectivity index (χ3v) is 4.91. The summed E-state index contributed by atoms with van der Waals surface area (Å²) >= 11 is 3.36. The summed E-state index contributed by atoms with van der Waals surface area (Å²) in [6, 6.07) is 12.9. The summed E-state index contributed by atoms with van der Waals surface area (Å²) < 4.78 is 15.1. The number of hydrogen-bond acceptors (Lipinski definition) is 4. The van der Waals surface area contributed by atoms with Crippen LogP contribution in [-0.2, 0) is 13.6 Å². The lowest BCUT2D eigenvalue weighted by atomic mass is 10.1. The molecule has 2 heterocycles. The number of ketones is 1. The molecule has 6 nitrogen and oxygen atoms in total. The number of benzene rings is 2. The molecule has 0 unspecified atom stereocenters. The Morgan fingerprint density at radius 1 is 1.15 bits per heavy atom. The second-order valence-electron chi connectivity index (χ2n) is 6.02. The van der Waals surface area contributed by atoms with Crippen molar-refractivity contribution in [2.45, 2.75) is 6.54 Å². The zero-order valence-corrected chi connectivity index (χ0v) is 15.6.